The quantitative estimate of drug-likeness (QED) is 0.646. The fraction of sp³-hybridized carbons (Fsp3) is 0.136. The summed E-state index contributed by atoms with van der Waals surface area (Å²) in [4.78, 5) is 12.3. The van der Waals surface area contributed by atoms with Crippen LogP contribution in [0.1, 0.15) is 15.9 Å². The van der Waals surface area contributed by atoms with Crippen LogP contribution in [0, 0.1) is 0 Å². The van der Waals surface area contributed by atoms with Gasteiger partial charge in [0.2, 0.25) is 0 Å². The van der Waals surface area contributed by atoms with Crippen molar-refractivity contribution in [3.8, 4) is 11.5 Å². The SMILES string of the molecule is COc1ccc(NCc2ccc(C(=O)Nc3ccccc3)cc2)cc1OC. The summed E-state index contributed by atoms with van der Waals surface area (Å²) in [7, 11) is 3.22. The van der Waals surface area contributed by atoms with E-state index in [1.807, 2.05) is 72.8 Å². The molecule has 0 radical (unpaired) electrons. The molecule has 0 spiro atoms. The molecule has 0 bridgehead atoms. The highest BCUT2D eigenvalue weighted by Crippen LogP contribution is 2.29. The summed E-state index contributed by atoms with van der Waals surface area (Å²) in [5, 5.41) is 6.22. The second kappa shape index (κ2) is 8.76. The zero-order valence-corrected chi connectivity index (χ0v) is 15.4. The third-order valence-electron chi connectivity index (χ3n) is 4.13. The summed E-state index contributed by atoms with van der Waals surface area (Å²) < 4.78 is 10.6. The molecule has 3 aromatic carbocycles. The predicted molar refractivity (Wildman–Crippen MR) is 108 cm³/mol. The number of benzene rings is 3. The van der Waals surface area contributed by atoms with Gasteiger partial charge in [0.1, 0.15) is 0 Å². The van der Waals surface area contributed by atoms with E-state index in [0.29, 0.717) is 23.6 Å². The Bertz CT molecular complexity index is 893. The Kier molecular flexibility index (Phi) is 5.94. The third kappa shape index (κ3) is 4.79. The predicted octanol–water partition coefficient (Wildman–Crippen LogP) is 4.57. The molecule has 138 valence electrons. The number of methoxy groups -OCH3 is 2. The summed E-state index contributed by atoms with van der Waals surface area (Å²) in [6, 6.07) is 22.6. The zero-order chi connectivity index (χ0) is 19.1. The average Bonchev–Trinajstić information content (AvgIpc) is 2.73. The minimum Gasteiger partial charge on any atom is -0.493 e. The molecule has 0 fully saturated rings. The minimum atomic E-state index is -0.124. The van der Waals surface area contributed by atoms with Crippen molar-refractivity contribution in [1.82, 2.24) is 0 Å². The normalized spacial score (nSPS) is 10.1. The van der Waals surface area contributed by atoms with E-state index >= 15 is 0 Å². The largest absolute Gasteiger partial charge is 0.493 e. The maximum atomic E-state index is 12.3. The molecule has 0 aromatic heterocycles. The fourth-order valence-electron chi connectivity index (χ4n) is 2.65. The van der Waals surface area contributed by atoms with E-state index in [9.17, 15) is 4.79 Å². The molecule has 0 saturated heterocycles. The lowest BCUT2D eigenvalue weighted by molar-refractivity contribution is 0.102. The Labute approximate surface area is 158 Å². The van der Waals surface area contributed by atoms with Gasteiger partial charge in [0.05, 0.1) is 14.2 Å². The first-order chi connectivity index (χ1) is 13.2. The van der Waals surface area contributed by atoms with E-state index in [4.69, 9.17) is 9.47 Å². The van der Waals surface area contributed by atoms with Crippen molar-refractivity contribution in [2.45, 2.75) is 6.54 Å². The van der Waals surface area contributed by atoms with E-state index in [2.05, 4.69) is 10.6 Å². The van der Waals surface area contributed by atoms with Gasteiger partial charge in [0.15, 0.2) is 11.5 Å². The van der Waals surface area contributed by atoms with Crippen molar-refractivity contribution in [2.24, 2.45) is 0 Å². The molecule has 0 aliphatic carbocycles. The molecule has 5 nitrogen and oxygen atoms in total. The molecular weight excluding hydrogens is 340 g/mol. The molecule has 1 amide bonds. The average molecular weight is 362 g/mol. The Morgan fingerprint density at radius 1 is 0.815 bits per heavy atom. The van der Waals surface area contributed by atoms with Crippen molar-refractivity contribution < 1.29 is 14.3 Å². The number of hydrogen-bond acceptors (Lipinski definition) is 4. The van der Waals surface area contributed by atoms with Crippen LogP contribution in [0.5, 0.6) is 11.5 Å². The lowest BCUT2D eigenvalue weighted by atomic mass is 10.1. The van der Waals surface area contributed by atoms with E-state index in [1.165, 1.54) is 0 Å². The highest BCUT2D eigenvalue weighted by atomic mass is 16.5. The molecule has 5 heteroatoms. The van der Waals surface area contributed by atoms with Gasteiger partial charge in [-0.2, -0.15) is 0 Å². The minimum absolute atomic E-state index is 0.124. The number of ether oxygens (including phenoxy) is 2. The number of carbonyl (C=O) groups excluding carboxylic acids is 1. The molecule has 0 heterocycles. The fourth-order valence-corrected chi connectivity index (χ4v) is 2.65. The first-order valence-electron chi connectivity index (χ1n) is 8.61. The van der Waals surface area contributed by atoms with Gasteiger partial charge in [-0.15, -0.1) is 0 Å². The van der Waals surface area contributed by atoms with Crippen molar-refractivity contribution in [3.63, 3.8) is 0 Å². The molecule has 0 saturated carbocycles. The van der Waals surface area contributed by atoms with Crippen LogP contribution in [0.25, 0.3) is 0 Å². The van der Waals surface area contributed by atoms with Crippen molar-refractivity contribution in [3.05, 3.63) is 83.9 Å². The van der Waals surface area contributed by atoms with Crippen LogP contribution < -0.4 is 20.1 Å². The Balaban J connectivity index is 1.60. The maximum absolute atomic E-state index is 12.3. The monoisotopic (exact) mass is 362 g/mol. The van der Waals surface area contributed by atoms with E-state index in [-0.39, 0.29) is 5.91 Å². The molecule has 3 rings (SSSR count). The van der Waals surface area contributed by atoms with Crippen LogP contribution in [0.2, 0.25) is 0 Å². The third-order valence-corrected chi connectivity index (χ3v) is 4.13. The number of carbonyl (C=O) groups is 1. The second-order valence-corrected chi connectivity index (χ2v) is 5.94. The highest BCUT2D eigenvalue weighted by molar-refractivity contribution is 6.04. The molecule has 0 aliphatic rings. The molecule has 0 atom stereocenters. The first-order valence-corrected chi connectivity index (χ1v) is 8.61. The highest BCUT2D eigenvalue weighted by Gasteiger charge is 2.07. The first kappa shape index (κ1) is 18.3. The van der Waals surface area contributed by atoms with Crippen molar-refractivity contribution in [2.75, 3.05) is 24.9 Å². The number of anilines is 2. The molecular formula is C22H22N2O3. The van der Waals surface area contributed by atoms with Gasteiger partial charge in [-0.25, -0.2) is 0 Å². The summed E-state index contributed by atoms with van der Waals surface area (Å²) >= 11 is 0. The van der Waals surface area contributed by atoms with Crippen LogP contribution >= 0.6 is 0 Å². The Morgan fingerprint density at radius 3 is 2.19 bits per heavy atom. The van der Waals surface area contributed by atoms with Crippen molar-refractivity contribution >= 4 is 17.3 Å². The smallest absolute Gasteiger partial charge is 0.255 e. The molecule has 3 aromatic rings. The van der Waals surface area contributed by atoms with Crippen LogP contribution in [0.4, 0.5) is 11.4 Å². The summed E-state index contributed by atoms with van der Waals surface area (Å²) in [5.41, 5.74) is 3.40. The van der Waals surface area contributed by atoms with Crippen LogP contribution in [0.3, 0.4) is 0 Å². The Hall–Kier alpha value is -3.47. The number of rotatable bonds is 7. The van der Waals surface area contributed by atoms with Crippen molar-refractivity contribution in [1.29, 1.82) is 0 Å². The maximum Gasteiger partial charge on any atom is 0.255 e. The number of amides is 1. The molecule has 0 unspecified atom stereocenters. The van der Waals surface area contributed by atoms with Gasteiger partial charge in [-0.3, -0.25) is 4.79 Å². The number of nitrogens with one attached hydrogen (secondary N) is 2. The zero-order valence-electron chi connectivity index (χ0n) is 15.4. The van der Waals surface area contributed by atoms with Crippen LogP contribution in [-0.4, -0.2) is 20.1 Å². The molecule has 0 aliphatic heterocycles. The van der Waals surface area contributed by atoms with Gasteiger partial charge in [0.25, 0.3) is 5.91 Å². The molecule has 2 N–H and O–H groups in total. The molecule has 27 heavy (non-hydrogen) atoms. The van der Waals surface area contributed by atoms with Gasteiger partial charge in [-0.05, 0) is 42.0 Å². The Morgan fingerprint density at radius 2 is 1.52 bits per heavy atom. The van der Waals surface area contributed by atoms with Gasteiger partial charge >= 0.3 is 0 Å². The topological polar surface area (TPSA) is 59.6 Å². The van der Waals surface area contributed by atoms with Crippen LogP contribution in [-0.2, 0) is 6.54 Å². The van der Waals surface area contributed by atoms with Gasteiger partial charge in [0, 0.05) is 29.5 Å². The number of hydrogen-bond donors (Lipinski definition) is 2. The van der Waals surface area contributed by atoms with E-state index < -0.39 is 0 Å². The van der Waals surface area contributed by atoms with Crippen LogP contribution in [0.15, 0.2) is 72.8 Å². The van der Waals surface area contributed by atoms with Gasteiger partial charge < -0.3 is 20.1 Å². The number of para-hydroxylation sites is 1. The van der Waals surface area contributed by atoms with E-state index in [0.717, 1.165) is 16.9 Å². The van der Waals surface area contributed by atoms with Gasteiger partial charge in [-0.1, -0.05) is 30.3 Å². The van der Waals surface area contributed by atoms with E-state index in [1.54, 1.807) is 14.2 Å². The lowest BCUT2D eigenvalue weighted by Crippen LogP contribution is -2.11. The summed E-state index contributed by atoms with van der Waals surface area (Å²) in [6.07, 6.45) is 0. The lowest BCUT2D eigenvalue weighted by Gasteiger charge is -2.11. The summed E-state index contributed by atoms with van der Waals surface area (Å²) in [6.45, 7) is 0.635. The standard InChI is InChI=1S/C22H22N2O3/c1-26-20-13-12-19(14-21(20)27-2)23-15-16-8-10-17(11-9-16)22(25)24-18-6-4-3-5-7-18/h3-14,23H,15H2,1-2H3,(H,24,25). The second-order valence-electron chi connectivity index (χ2n) is 5.94. The summed E-state index contributed by atoms with van der Waals surface area (Å²) in [5.74, 6) is 1.24.